The number of amides is 1. The van der Waals surface area contributed by atoms with Gasteiger partial charge in [0.15, 0.2) is 0 Å². The van der Waals surface area contributed by atoms with Gasteiger partial charge in [0, 0.05) is 36.8 Å². The molecule has 0 spiro atoms. The van der Waals surface area contributed by atoms with Crippen LogP contribution in [0.2, 0.25) is 0 Å². The quantitative estimate of drug-likeness (QED) is 0.862. The van der Waals surface area contributed by atoms with Gasteiger partial charge in [-0.2, -0.15) is 0 Å². The Labute approximate surface area is 129 Å². The molecular formula is C16H20N2O2S. The standard InChI is InChI=1S/C16H20N2O2S/c1-18(2)13-6-3-5-12(11-13)16(20)17-9-8-14(19)15-7-4-10-21-15/h3-7,10-11,14,19H,8-9H2,1-2H3,(H,17,20). The molecule has 2 rings (SSSR count). The second kappa shape index (κ2) is 7.24. The van der Waals surface area contributed by atoms with E-state index in [1.807, 2.05) is 54.7 Å². The highest BCUT2D eigenvalue weighted by Crippen LogP contribution is 2.21. The first-order valence-electron chi connectivity index (χ1n) is 6.85. The van der Waals surface area contributed by atoms with Crippen molar-refractivity contribution in [1.29, 1.82) is 0 Å². The van der Waals surface area contributed by atoms with Crippen LogP contribution in [0.4, 0.5) is 5.69 Å². The van der Waals surface area contributed by atoms with Gasteiger partial charge in [-0.05, 0) is 36.1 Å². The van der Waals surface area contributed by atoms with Gasteiger partial charge in [-0.1, -0.05) is 12.1 Å². The summed E-state index contributed by atoms with van der Waals surface area (Å²) in [6.07, 6.45) is -0.00185. The summed E-state index contributed by atoms with van der Waals surface area (Å²) < 4.78 is 0. The van der Waals surface area contributed by atoms with Crippen LogP contribution < -0.4 is 10.2 Å². The lowest BCUT2D eigenvalue weighted by Gasteiger charge is -2.14. The fourth-order valence-electron chi connectivity index (χ4n) is 1.97. The molecule has 0 aliphatic rings. The van der Waals surface area contributed by atoms with Gasteiger partial charge in [0.1, 0.15) is 0 Å². The highest BCUT2D eigenvalue weighted by atomic mass is 32.1. The van der Waals surface area contributed by atoms with Gasteiger partial charge in [-0.3, -0.25) is 4.79 Å². The van der Waals surface area contributed by atoms with E-state index in [-0.39, 0.29) is 5.91 Å². The van der Waals surface area contributed by atoms with Gasteiger partial charge in [0.25, 0.3) is 5.91 Å². The zero-order chi connectivity index (χ0) is 15.2. The molecule has 2 aromatic rings. The molecule has 1 aromatic heterocycles. The van der Waals surface area contributed by atoms with Crippen LogP contribution in [-0.2, 0) is 0 Å². The Morgan fingerprint density at radius 3 is 2.81 bits per heavy atom. The lowest BCUT2D eigenvalue weighted by Crippen LogP contribution is -2.25. The molecule has 2 N–H and O–H groups in total. The molecule has 112 valence electrons. The van der Waals surface area contributed by atoms with E-state index in [2.05, 4.69) is 5.32 Å². The number of carbonyl (C=O) groups is 1. The SMILES string of the molecule is CN(C)c1cccc(C(=O)NCCC(O)c2cccs2)c1. The largest absolute Gasteiger partial charge is 0.388 e. The minimum atomic E-state index is -0.515. The normalized spacial score (nSPS) is 12.0. The topological polar surface area (TPSA) is 52.6 Å². The number of nitrogens with zero attached hydrogens (tertiary/aromatic N) is 1. The van der Waals surface area contributed by atoms with Crippen molar-refractivity contribution >= 4 is 22.9 Å². The Morgan fingerprint density at radius 1 is 1.33 bits per heavy atom. The number of anilines is 1. The maximum atomic E-state index is 12.1. The van der Waals surface area contributed by atoms with E-state index in [0.29, 0.717) is 18.5 Å². The molecule has 1 heterocycles. The molecule has 0 aliphatic heterocycles. The van der Waals surface area contributed by atoms with Crippen LogP contribution in [0.25, 0.3) is 0 Å². The van der Waals surface area contributed by atoms with Crippen LogP contribution >= 0.6 is 11.3 Å². The number of benzene rings is 1. The lowest BCUT2D eigenvalue weighted by atomic mass is 10.1. The molecule has 0 aliphatic carbocycles. The molecule has 1 unspecified atom stereocenters. The van der Waals surface area contributed by atoms with Crippen LogP contribution in [0.3, 0.4) is 0 Å². The van der Waals surface area contributed by atoms with Gasteiger partial charge >= 0.3 is 0 Å². The van der Waals surface area contributed by atoms with Crippen LogP contribution in [0, 0.1) is 0 Å². The zero-order valence-electron chi connectivity index (χ0n) is 12.2. The summed E-state index contributed by atoms with van der Waals surface area (Å²) in [5, 5.41) is 14.7. The van der Waals surface area contributed by atoms with E-state index < -0.39 is 6.10 Å². The van der Waals surface area contributed by atoms with Crippen molar-refractivity contribution in [2.45, 2.75) is 12.5 Å². The Bertz CT molecular complexity index is 582. The van der Waals surface area contributed by atoms with Gasteiger partial charge < -0.3 is 15.3 Å². The molecule has 0 fully saturated rings. The van der Waals surface area contributed by atoms with Gasteiger partial charge in [0.05, 0.1) is 6.10 Å². The number of carbonyl (C=O) groups excluding carboxylic acids is 1. The molecule has 21 heavy (non-hydrogen) atoms. The number of rotatable bonds is 6. The van der Waals surface area contributed by atoms with Crippen LogP contribution in [0.1, 0.15) is 27.8 Å². The fraction of sp³-hybridized carbons (Fsp3) is 0.312. The summed E-state index contributed by atoms with van der Waals surface area (Å²) >= 11 is 1.52. The summed E-state index contributed by atoms with van der Waals surface area (Å²) in [7, 11) is 3.88. The van der Waals surface area contributed by atoms with E-state index in [9.17, 15) is 9.90 Å². The minimum Gasteiger partial charge on any atom is -0.388 e. The summed E-state index contributed by atoms with van der Waals surface area (Å²) in [6, 6.07) is 11.3. The number of aliphatic hydroxyl groups is 1. The second-order valence-corrected chi connectivity index (χ2v) is 6.00. The molecule has 1 amide bonds. The van der Waals surface area contributed by atoms with Gasteiger partial charge in [0.2, 0.25) is 0 Å². The molecule has 0 bridgehead atoms. The van der Waals surface area contributed by atoms with E-state index in [1.54, 1.807) is 6.07 Å². The number of hydrogen-bond acceptors (Lipinski definition) is 4. The Morgan fingerprint density at radius 2 is 2.14 bits per heavy atom. The number of nitrogens with one attached hydrogen (secondary N) is 1. The first-order chi connectivity index (χ1) is 10.1. The van der Waals surface area contributed by atoms with Gasteiger partial charge in [-0.15, -0.1) is 11.3 Å². The Kier molecular flexibility index (Phi) is 5.36. The smallest absolute Gasteiger partial charge is 0.251 e. The predicted octanol–water partition coefficient (Wildman–Crippen LogP) is 2.67. The number of thiophene rings is 1. The van der Waals surface area contributed by atoms with Crippen molar-refractivity contribution < 1.29 is 9.90 Å². The summed E-state index contributed by atoms with van der Waals surface area (Å²) in [4.78, 5) is 15.0. The van der Waals surface area contributed by atoms with Crippen molar-refractivity contribution in [2.75, 3.05) is 25.5 Å². The van der Waals surface area contributed by atoms with Crippen LogP contribution in [0.5, 0.6) is 0 Å². The third-order valence-electron chi connectivity index (χ3n) is 3.20. The molecule has 0 saturated heterocycles. The average molecular weight is 304 g/mol. The van der Waals surface area contributed by atoms with E-state index >= 15 is 0 Å². The van der Waals surface area contributed by atoms with Crippen molar-refractivity contribution in [3.63, 3.8) is 0 Å². The fourth-order valence-corrected chi connectivity index (χ4v) is 2.72. The molecule has 4 nitrogen and oxygen atoms in total. The van der Waals surface area contributed by atoms with E-state index in [4.69, 9.17) is 0 Å². The second-order valence-electron chi connectivity index (χ2n) is 5.02. The van der Waals surface area contributed by atoms with Crippen molar-refractivity contribution in [3.8, 4) is 0 Å². The predicted molar refractivity (Wildman–Crippen MR) is 87.0 cm³/mol. The molecular weight excluding hydrogens is 284 g/mol. The zero-order valence-corrected chi connectivity index (χ0v) is 13.1. The highest BCUT2D eigenvalue weighted by Gasteiger charge is 2.10. The highest BCUT2D eigenvalue weighted by molar-refractivity contribution is 7.10. The first-order valence-corrected chi connectivity index (χ1v) is 7.73. The monoisotopic (exact) mass is 304 g/mol. The third-order valence-corrected chi connectivity index (χ3v) is 4.17. The van der Waals surface area contributed by atoms with Gasteiger partial charge in [-0.25, -0.2) is 0 Å². The minimum absolute atomic E-state index is 0.114. The van der Waals surface area contributed by atoms with Crippen LogP contribution in [0.15, 0.2) is 41.8 Å². The molecule has 5 heteroatoms. The molecule has 1 aromatic carbocycles. The molecule has 0 saturated carbocycles. The summed E-state index contributed by atoms with van der Waals surface area (Å²) in [6.45, 7) is 0.449. The molecule has 0 radical (unpaired) electrons. The third kappa shape index (κ3) is 4.31. The summed E-state index contributed by atoms with van der Waals surface area (Å²) in [5.74, 6) is -0.114. The number of hydrogen-bond donors (Lipinski definition) is 2. The maximum absolute atomic E-state index is 12.1. The Balaban J connectivity index is 1.86. The number of aliphatic hydroxyl groups excluding tert-OH is 1. The van der Waals surface area contributed by atoms with Crippen molar-refractivity contribution in [1.82, 2.24) is 5.32 Å². The van der Waals surface area contributed by atoms with E-state index in [1.165, 1.54) is 11.3 Å². The lowest BCUT2D eigenvalue weighted by molar-refractivity contribution is 0.0943. The first kappa shape index (κ1) is 15.5. The van der Waals surface area contributed by atoms with E-state index in [0.717, 1.165) is 10.6 Å². The maximum Gasteiger partial charge on any atom is 0.251 e. The average Bonchev–Trinajstić information content (AvgIpc) is 3.01. The summed E-state index contributed by atoms with van der Waals surface area (Å²) in [5.41, 5.74) is 1.62. The Hall–Kier alpha value is -1.85. The van der Waals surface area contributed by atoms with Crippen molar-refractivity contribution in [3.05, 3.63) is 52.2 Å². The van der Waals surface area contributed by atoms with Crippen molar-refractivity contribution in [2.24, 2.45) is 0 Å². The molecule has 1 atom stereocenters. The van der Waals surface area contributed by atoms with Crippen LogP contribution in [-0.4, -0.2) is 31.7 Å².